The summed E-state index contributed by atoms with van der Waals surface area (Å²) in [6, 6.07) is 10.3. The van der Waals surface area contributed by atoms with E-state index >= 15 is 0 Å². The number of benzene rings is 2. The molecule has 24 heavy (non-hydrogen) atoms. The molecule has 0 aliphatic carbocycles. The van der Waals surface area contributed by atoms with Gasteiger partial charge < -0.3 is 5.32 Å². The summed E-state index contributed by atoms with van der Waals surface area (Å²) < 4.78 is 28.1. The fraction of sp³-hybridized carbons (Fsp3) is 0.118. The minimum absolute atomic E-state index is 0.0544. The average Bonchev–Trinajstić information content (AvgIpc) is 3.06. The Kier molecular flexibility index (Phi) is 4.60. The number of carbonyl (C=O) groups is 1. The molecule has 0 radical (unpaired) electrons. The number of amides is 1. The number of hydrogen-bond acceptors (Lipinski definition) is 3. The van der Waals surface area contributed by atoms with Gasteiger partial charge in [0, 0.05) is 18.2 Å². The molecule has 0 unspecified atom stereocenters. The topological polar surface area (TPSA) is 59.8 Å². The lowest BCUT2D eigenvalue weighted by Gasteiger charge is -2.11. The second-order valence-corrected chi connectivity index (χ2v) is 5.20. The van der Waals surface area contributed by atoms with Crippen LogP contribution in [0.3, 0.4) is 0 Å². The summed E-state index contributed by atoms with van der Waals surface area (Å²) in [6.07, 6.45) is 3.05. The minimum atomic E-state index is -0.785. The number of hydrogen-bond donors (Lipinski definition) is 1. The van der Waals surface area contributed by atoms with Gasteiger partial charge in [0.15, 0.2) is 0 Å². The molecule has 3 aromatic rings. The number of nitrogens with one attached hydrogen (secondary N) is 1. The first-order valence-electron chi connectivity index (χ1n) is 7.25. The first kappa shape index (κ1) is 15.8. The molecular formula is C17H14F2N4O. The van der Waals surface area contributed by atoms with E-state index in [1.165, 1.54) is 6.33 Å². The highest BCUT2D eigenvalue weighted by molar-refractivity contribution is 5.94. The van der Waals surface area contributed by atoms with E-state index in [1.54, 1.807) is 11.0 Å². The van der Waals surface area contributed by atoms with Crippen molar-refractivity contribution in [2.24, 2.45) is 0 Å². The second-order valence-electron chi connectivity index (χ2n) is 5.20. The van der Waals surface area contributed by atoms with Gasteiger partial charge in [0.25, 0.3) is 5.91 Å². The van der Waals surface area contributed by atoms with Gasteiger partial charge in [-0.1, -0.05) is 24.3 Å². The monoisotopic (exact) mass is 328 g/mol. The molecular weight excluding hydrogens is 314 g/mol. The SMILES string of the molecule is O=C(NCc1ccccc1Cn1cncn1)c1cc(F)cc(F)c1. The van der Waals surface area contributed by atoms with Crippen LogP contribution in [-0.2, 0) is 13.1 Å². The number of halogens is 2. The van der Waals surface area contributed by atoms with Gasteiger partial charge in [-0.15, -0.1) is 0 Å². The van der Waals surface area contributed by atoms with E-state index in [-0.39, 0.29) is 12.1 Å². The second kappa shape index (κ2) is 6.99. The predicted molar refractivity (Wildman–Crippen MR) is 83.1 cm³/mol. The largest absolute Gasteiger partial charge is 0.348 e. The van der Waals surface area contributed by atoms with Crippen molar-refractivity contribution in [3.63, 3.8) is 0 Å². The van der Waals surface area contributed by atoms with Crippen LogP contribution in [0.1, 0.15) is 21.5 Å². The van der Waals surface area contributed by atoms with Gasteiger partial charge >= 0.3 is 0 Å². The maximum Gasteiger partial charge on any atom is 0.251 e. The zero-order chi connectivity index (χ0) is 16.9. The van der Waals surface area contributed by atoms with E-state index in [0.29, 0.717) is 6.54 Å². The molecule has 0 aliphatic heterocycles. The third-order valence-electron chi connectivity index (χ3n) is 3.48. The number of carbonyl (C=O) groups excluding carboxylic acids is 1. The average molecular weight is 328 g/mol. The summed E-state index contributed by atoms with van der Waals surface area (Å²) in [6.45, 7) is 0.752. The molecule has 0 saturated carbocycles. The maximum absolute atomic E-state index is 13.2. The Morgan fingerprint density at radius 2 is 1.79 bits per heavy atom. The first-order valence-corrected chi connectivity index (χ1v) is 7.25. The highest BCUT2D eigenvalue weighted by Crippen LogP contribution is 2.12. The fourth-order valence-corrected chi connectivity index (χ4v) is 2.34. The van der Waals surface area contributed by atoms with Gasteiger partial charge in [-0.3, -0.25) is 4.79 Å². The van der Waals surface area contributed by atoms with Crippen LogP contribution in [0.15, 0.2) is 55.1 Å². The summed E-state index contributed by atoms with van der Waals surface area (Å²) in [5.74, 6) is -2.11. The van der Waals surface area contributed by atoms with E-state index in [9.17, 15) is 13.6 Å². The molecule has 7 heteroatoms. The first-order chi connectivity index (χ1) is 11.6. The highest BCUT2D eigenvalue weighted by Gasteiger charge is 2.10. The van der Waals surface area contributed by atoms with Gasteiger partial charge in [-0.05, 0) is 23.3 Å². The van der Waals surface area contributed by atoms with Crippen molar-refractivity contribution in [1.82, 2.24) is 20.1 Å². The zero-order valence-electron chi connectivity index (χ0n) is 12.6. The van der Waals surface area contributed by atoms with Crippen LogP contribution in [0.5, 0.6) is 0 Å². The van der Waals surface area contributed by atoms with Crippen molar-refractivity contribution in [1.29, 1.82) is 0 Å². The van der Waals surface area contributed by atoms with Crippen molar-refractivity contribution in [3.05, 3.63) is 83.4 Å². The molecule has 1 heterocycles. The summed E-state index contributed by atoms with van der Waals surface area (Å²) in [5, 5.41) is 6.72. The molecule has 3 rings (SSSR count). The van der Waals surface area contributed by atoms with Gasteiger partial charge in [-0.2, -0.15) is 5.10 Å². The molecule has 122 valence electrons. The van der Waals surface area contributed by atoms with Crippen LogP contribution in [0.2, 0.25) is 0 Å². The van der Waals surface area contributed by atoms with Crippen LogP contribution in [0, 0.1) is 11.6 Å². The van der Waals surface area contributed by atoms with Crippen molar-refractivity contribution >= 4 is 5.91 Å². The summed E-state index contributed by atoms with van der Waals surface area (Å²) in [7, 11) is 0. The molecule has 0 atom stereocenters. The molecule has 0 spiro atoms. The zero-order valence-corrected chi connectivity index (χ0v) is 12.6. The van der Waals surface area contributed by atoms with Crippen molar-refractivity contribution in [2.75, 3.05) is 0 Å². The van der Waals surface area contributed by atoms with E-state index in [4.69, 9.17) is 0 Å². The van der Waals surface area contributed by atoms with Crippen LogP contribution in [0.4, 0.5) is 8.78 Å². The van der Waals surface area contributed by atoms with Crippen molar-refractivity contribution < 1.29 is 13.6 Å². The summed E-state index contributed by atoms with van der Waals surface area (Å²) >= 11 is 0. The van der Waals surface area contributed by atoms with E-state index in [0.717, 1.165) is 29.3 Å². The third-order valence-corrected chi connectivity index (χ3v) is 3.48. The van der Waals surface area contributed by atoms with Gasteiger partial charge in [0.1, 0.15) is 24.3 Å². The smallest absolute Gasteiger partial charge is 0.251 e. The Morgan fingerprint density at radius 3 is 2.46 bits per heavy atom. The number of aromatic nitrogens is 3. The fourth-order valence-electron chi connectivity index (χ4n) is 2.34. The maximum atomic E-state index is 13.2. The lowest BCUT2D eigenvalue weighted by Crippen LogP contribution is -2.24. The predicted octanol–water partition coefficient (Wildman–Crippen LogP) is 2.53. The molecule has 0 bridgehead atoms. The molecule has 1 N–H and O–H groups in total. The number of rotatable bonds is 5. The Labute approximate surface area is 137 Å². The van der Waals surface area contributed by atoms with Crippen LogP contribution in [0.25, 0.3) is 0 Å². The summed E-state index contributed by atoms with van der Waals surface area (Å²) in [5.41, 5.74) is 1.80. The number of nitrogens with zero attached hydrogens (tertiary/aromatic N) is 3. The lowest BCUT2D eigenvalue weighted by atomic mass is 10.1. The van der Waals surface area contributed by atoms with E-state index in [2.05, 4.69) is 15.4 Å². The quantitative estimate of drug-likeness (QED) is 0.783. The Morgan fingerprint density at radius 1 is 1.08 bits per heavy atom. The molecule has 1 amide bonds. The minimum Gasteiger partial charge on any atom is -0.348 e. The van der Waals surface area contributed by atoms with E-state index < -0.39 is 17.5 Å². The van der Waals surface area contributed by atoms with Crippen LogP contribution >= 0.6 is 0 Å². The Bertz CT molecular complexity index is 829. The normalized spacial score (nSPS) is 10.6. The standard InChI is InChI=1S/C17H14F2N4O/c18-15-5-14(6-16(19)7-15)17(24)21-8-12-3-1-2-4-13(12)9-23-11-20-10-22-23/h1-7,10-11H,8-9H2,(H,21,24). The van der Waals surface area contributed by atoms with Crippen molar-refractivity contribution in [2.45, 2.75) is 13.1 Å². The van der Waals surface area contributed by atoms with Crippen LogP contribution < -0.4 is 5.32 Å². The molecule has 1 aromatic heterocycles. The van der Waals surface area contributed by atoms with Crippen LogP contribution in [-0.4, -0.2) is 20.7 Å². The van der Waals surface area contributed by atoms with E-state index in [1.807, 2.05) is 24.3 Å². The van der Waals surface area contributed by atoms with Gasteiger partial charge in [-0.25, -0.2) is 18.4 Å². The highest BCUT2D eigenvalue weighted by atomic mass is 19.1. The Balaban J connectivity index is 1.71. The molecule has 5 nitrogen and oxygen atoms in total. The van der Waals surface area contributed by atoms with Gasteiger partial charge in [0.2, 0.25) is 0 Å². The molecule has 2 aromatic carbocycles. The third kappa shape index (κ3) is 3.81. The van der Waals surface area contributed by atoms with Gasteiger partial charge in [0.05, 0.1) is 6.54 Å². The lowest BCUT2D eigenvalue weighted by molar-refractivity contribution is 0.0950. The molecule has 0 aliphatic rings. The molecule has 0 fully saturated rings. The summed E-state index contributed by atoms with van der Waals surface area (Å²) in [4.78, 5) is 16.0. The van der Waals surface area contributed by atoms with Crippen molar-refractivity contribution in [3.8, 4) is 0 Å². The Hall–Kier alpha value is -3.09. The molecule has 0 saturated heterocycles.